The van der Waals surface area contributed by atoms with Gasteiger partial charge in [0.05, 0.1) is 28.4 Å². The molecule has 1 amide bonds. The Labute approximate surface area is 118 Å². The number of carboxylic acids is 1. The van der Waals surface area contributed by atoms with Gasteiger partial charge in [-0.1, -0.05) is 11.3 Å². The third-order valence-corrected chi connectivity index (χ3v) is 3.45. The largest absolute Gasteiger partial charge is 0.481 e. The fraction of sp³-hybridized carbons (Fsp3) is 0.455. The van der Waals surface area contributed by atoms with Gasteiger partial charge in [0.25, 0.3) is 5.91 Å². The van der Waals surface area contributed by atoms with Gasteiger partial charge in [-0.2, -0.15) is 0 Å². The van der Waals surface area contributed by atoms with Crippen LogP contribution in [0.15, 0.2) is 12.1 Å². The zero-order valence-corrected chi connectivity index (χ0v) is 11.7. The second kappa shape index (κ2) is 6.44. The molecule has 1 heterocycles. The molecule has 0 aliphatic carbocycles. The van der Waals surface area contributed by atoms with Gasteiger partial charge >= 0.3 is 11.0 Å². The molecule has 0 fully saturated rings. The van der Waals surface area contributed by atoms with Crippen molar-refractivity contribution in [1.82, 2.24) is 5.32 Å². The highest BCUT2D eigenvalue weighted by Crippen LogP contribution is 2.24. The molecule has 1 aromatic heterocycles. The lowest BCUT2D eigenvalue weighted by Crippen LogP contribution is -2.50. The van der Waals surface area contributed by atoms with E-state index in [4.69, 9.17) is 9.84 Å². The van der Waals surface area contributed by atoms with Crippen LogP contribution in [0.1, 0.15) is 23.0 Å². The van der Waals surface area contributed by atoms with Gasteiger partial charge in [-0.25, -0.2) is 0 Å². The number of thiophene rings is 1. The lowest BCUT2D eigenvalue weighted by atomic mass is 9.99. The zero-order chi connectivity index (χ0) is 15.3. The summed E-state index contributed by atoms with van der Waals surface area (Å²) in [6.45, 7) is 1.54. The minimum atomic E-state index is -1.09. The summed E-state index contributed by atoms with van der Waals surface area (Å²) in [4.78, 5) is 32.9. The standard InChI is InChI=1S/C11H14N2O6S/c1-11(6-19-2,5-9(14)15)12-10(16)7-3-4-8(20-7)13(17)18/h3-4H,5-6H2,1-2H3,(H,12,16)(H,14,15). The van der Waals surface area contributed by atoms with Crippen molar-refractivity contribution >= 4 is 28.2 Å². The van der Waals surface area contributed by atoms with E-state index in [2.05, 4.69) is 5.32 Å². The molecule has 1 atom stereocenters. The summed E-state index contributed by atoms with van der Waals surface area (Å²) in [6.07, 6.45) is -0.319. The summed E-state index contributed by atoms with van der Waals surface area (Å²) in [5.74, 6) is -1.65. The number of amides is 1. The number of methoxy groups -OCH3 is 1. The summed E-state index contributed by atoms with van der Waals surface area (Å²) >= 11 is 0.727. The summed E-state index contributed by atoms with van der Waals surface area (Å²) in [5, 5.41) is 21.8. The smallest absolute Gasteiger partial charge is 0.324 e. The first kappa shape index (κ1) is 16.1. The molecule has 1 aromatic rings. The maximum absolute atomic E-state index is 12.0. The van der Waals surface area contributed by atoms with E-state index in [9.17, 15) is 19.7 Å². The molecule has 0 aromatic carbocycles. The van der Waals surface area contributed by atoms with Gasteiger partial charge in [0.1, 0.15) is 0 Å². The first-order valence-electron chi connectivity index (χ1n) is 5.55. The number of hydrogen-bond donors (Lipinski definition) is 2. The van der Waals surface area contributed by atoms with Gasteiger partial charge < -0.3 is 15.2 Å². The zero-order valence-electron chi connectivity index (χ0n) is 10.9. The van der Waals surface area contributed by atoms with Crippen LogP contribution < -0.4 is 5.32 Å². The number of nitrogens with one attached hydrogen (secondary N) is 1. The Bertz CT molecular complexity index is 529. The minimum absolute atomic E-state index is 0.0124. The van der Waals surface area contributed by atoms with E-state index in [1.807, 2.05) is 0 Å². The molecule has 0 spiro atoms. The molecule has 0 saturated carbocycles. The van der Waals surface area contributed by atoms with Crippen LogP contribution in [0.3, 0.4) is 0 Å². The van der Waals surface area contributed by atoms with Crippen molar-refractivity contribution in [1.29, 1.82) is 0 Å². The lowest BCUT2D eigenvalue weighted by molar-refractivity contribution is -0.380. The topological polar surface area (TPSA) is 119 Å². The Kier molecular flexibility index (Phi) is 5.17. The molecule has 1 unspecified atom stereocenters. The first-order valence-corrected chi connectivity index (χ1v) is 6.36. The molecule has 1 rings (SSSR count). The summed E-state index contributed by atoms with van der Waals surface area (Å²) in [7, 11) is 1.39. The number of hydrogen-bond acceptors (Lipinski definition) is 6. The maximum Gasteiger partial charge on any atom is 0.324 e. The molecule has 0 aliphatic heterocycles. The van der Waals surface area contributed by atoms with E-state index in [0.717, 1.165) is 11.3 Å². The van der Waals surface area contributed by atoms with Crippen molar-refractivity contribution in [2.24, 2.45) is 0 Å². The highest BCUT2D eigenvalue weighted by atomic mass is 32.1. The van der Waals surface area contributed by atoms with Crippen LogP contribution in [0.2, 0.25) is 0 Å². The summed E-state index contributed by atoms with van der Waals surface area (Å²) < 4.78 is 4.91. The third-order valence-electron chi connectivity index (χ3n) is 2.42. The molecule has 0 saturated heterocycles. The number of rotatable bonds is 7. The number of nitro groups is 1. The minimum Gasteiger partial charge on any atom is -0.481 e. The van der Waals surface area contributed by atoms with Crippen molar-refractivity contribution in [2.45, 2.75) is 18.9 Å². The highest BCUT2D eigenvalue weighted by molar-refractivity contribution is 7.17. The lowest BCUT2D eigenvalue weighted by Gasteiger charge is -2.28. The molecule has 110 valence electrons. The molecule has 0 radical (unpaired) electrons. The number of nitrogens with zero attached hydrogens (tertiary/aromatic N) is 1. The number of carboxylic acid groups (broad SMARTS) is 1. The van der Waals surface area contributed by atoms with Crippen molar-refractivity contribution in [3.8, 4) is 0 Å². The van der Waals surface area contributed by atoms with Crippen LogP contribution in [0.4, 0.5) is 5.00 Å². The molecule has 8 nitrogen and oxygen atoms in total. The SMILES string of the molecule is COCC(C)(CC(=O)O)NC(=O)c1ccc([N+](=O)[O-])s1. The fourth-order valence-corrected chi connectivity index (χ4v) is 2.38. The number of carbonyl (C=O) groups excluding carboxylic acids is 1. The predicted octanol–water partition coefficient (Wildman–Crippen LogP) is 1.27. The van der Waals surface area contributed by atoms with E-state index in [-0.39, 0.29) is 22.9 Å². The Balaban J connectivity index is 2.84. The second-order valence-corrected chi connectivity index (χ2v) is 5.48. The quantitative estimate of drug-likeness (QED) is 0.578. The maximum atomic E-state index is 12.0. The molecule has 0 bridgehead atoms. The molecule has 9 heteroatoms. The second-order valence-electron chi connectivity index (χ2n) is 4.41. The molecule has 2 N–H and O–H groups in total. The van der Waals surface area contributed by atoms with Crippen molar-refractivity contribution in [3.05, 3.63) is 27.1 Å². The van der Waals surface area contributed by atoms with E-state index >= 15 is 0 Å². The van der Waals surface area contributed by atoms with E-state index in [0.29, 0.717) is 0 Å². The Morgan fingerprint density at radius 3 is 2.65 bits per heavy atom. The van der Waals surface area contributed by atoms with Crippen LogP contribution >= 0.6 is 11.3 Å². The average molecular weight is 302 g/mol. The van der Waals surface area contributed by atoms with E-state index < -0.39 is 22.3 Å². The third kappa shape index (κ3) is 4.28. The van der Waals surface area contributed by atoms with Crippen LogP contribution in [0, 0.1) is 10.1 Å². The highest BCUT2D eigenvalue weighted by Gasteiger charge is 2.30. The average Bonchev–Trinajstić information content (AvgIpc) is 2.76. The molecular weight excluding hydrogens is 288 g/mol. The number of ether oxygens (including phenoxy) is 1. The van der Waals surface area contributed by atoms with Gasteiger partial charge in [0.2, 0.25) is 0 Å². The van der Waals surface area contributed by atoms with E-state index in [1.165, 1.54) is 26.2 Å². The molecule has 20 heavy (non-hydrogen) atoms. The van der Waals surface area contributed by atoms with Crippen molar-refractivity contribution < 1.29 is 24.4 Å². The van der Waals surface area contributed by atoms with Crippen LogP contribution in [-0.2, 0) is 9.53 Å². The van der Waals surface area contributed by atoms with Crippen LogP contribution in [0.5, 0.6) is 0 Å². The van der Waals surface area contributed by atoms with Gasteiger partial charge in [-0.3, -0.25) is 19.7 Å². The van der Waals surface area contributed by atoms with Crippen molar-refractivity contribution in [2.75, 3.05) is 13.7 Å². The van der Waals surface area contributed by atoms with Gasteiger partial charge in [-0.15, -0.1) is 0 Å². The molecule has 0 aliphatic rings. The fourth-order valence-electron chi connectivity index (χ4n) is 1.67. The summed E-state index contributed by atoms with van der Waals surface area (Å²) in [5.41, 5.74) is -1.09. The van der Waals surface area contributed by atoms with Crippen LogP contribution in [0.25, 0.3) is 0 Å². The number of aliphatic carboxylic acids is 1. The predicted molar refractivity (Wildman–Crippen MR) is 71.0 cm³/mol. The Morgan fingerprint density at radius 2 is 2.20 bits per heavy atom. The van der Waals surface area contributed by atoms with E-state index in [1.54, 1.807) is 0 Å². The van der Waals surface area contributed by atoms with Crippen LogP contribution in [-0.4, -0.2) is 41.2 Å². The van der Waals surface area contributed by atoms with Gasteiger partial charge in [-0.05, 0) is 13.0 Å². The van der Waals surface area contributed by atoms with Gasteiger partial charge in [0.15, 0.2) is 0 Å². The molecular formula is C11H14N2O6S. The first-order chi connectivity index (χ1) is 9.27. The monoisotopic (exact) mass is 302 g/mol. The number of carbonyl (C=O) groups is 2. The normalized spacial score (nSPS) is 13.5. The van der Waals surface area contributed by atoms with Gasteiger partial charge in [0, 0.05) is 13.2 Å². The van der Waals surface area contributed by atoms with Crippen molar-refractivity contribution in [3.63, 3.8) is 0 Å². The Morgan fingerprint density at radius 1 is 1.55 bits per heavy atom. The summed E-state index contributed by atoms with van der Waals surface area (Å²) in [6, 6.07) is 2.55. The Hall–Kier alpha value is -2.00.